The minimum Gasteiger partial charge on any atom is -0.395 e. The van der Waals surface area contributed by atoms with Crippen molar-refractivity contribution in [1.82, 2.24) is 30.1 Å². The van der Waals surface area contributed by atoms with Crippen LogP contribution >= 0.6 is 0 Å². The van der Waals surface area contributed by atoms with Crippen molar-refractivity contribution in [3.05, 3.63) is 86.7 Å². The van der Waals surface area contributed by atoms with Crippen LogP contribution in [0.15, 0.2) is 47.3 Å². The zero-order valence-electron chi connectivity index (χ0n) is 20.5. The minimum atomic E-state index is -0.300. The molecule has 1 atom stereocenters. The van der Waals surface area contributed by atoms with E-state index in [4.69, 9.17) is 0 Å². The first-order valence-electron chi connectivity index (χ1n) is 11.8. The van der Waals surface area contributed by atoms with E-state index < -0.39 is 0 Å². The Labute approximate surface area is 203 Å². The van der Waals surface area contributed by atoms with Gasteiger partial charge in [0.2, 0.25) is 0 Å². The maximum Gasteiger partial charge on any atom is 0.252 e. The molecule has 2 aromatic heterocycles. The summed E-state index contributed by atoms with van der Waals surface area (Å²) in [5, 5.41) is 23.2. The van der Waals surface area contributed by atoms with Crippen molar-refractivity contribution >= 4 is 10.9 Å². The molecule has 0 unspecified atom stereocenters. The number of aryl methyl sites for hydroxylation is 2. The summed E-state index contributed by atoms with van der Waals surface area (Å²) in [5.74, 6) is 0.413. The van der Waals surface area contributed by atoms with Crippen LogP contribution in [-0.2, 0) is 13.1 Å². The van der Waals surface area contributed by atoms with Crippen LogP contribution in [0.3, 0.4) is 0 Å². The molecular formula is C26H31FN6O2. The van der Waals surface area contributed by atoms with Gasteiger partial charge in [0.25, 0.3) is 5.56 Å². The Hall–Kier alpha value is -3.43. The van der Waals surface area contributed by atoms with Crippen LogP contribution in [0, 0.1) is 25.6 Å². The number of hydrogen-bond acceptors (Lipinski definition) is 6. The van der Waals surface area contributed by atoms with Crippen LogP contribution in [0.5, 0.6) is 0 Å². The molecule has 0 amide bonds. The fourth-order valence-electron chi connectivity index (χ4n) is 4.70. The number of aromatic amines is 1. The fourth-order valence-corrected chi connectivity index (χ4v) is 4.70. The predicted molar refractivity (Wildman–Crippen MR) is 132 cm³/mol. The zero-order chi connectivity index (χ0) is 25.1. The largest absolute Gasteiger partial charge is 0.395 e. The van der Waals surface area contributed by atoms with Crippen LogP contribution in [0.2, 0.25) is 0 Å². The average molecular weight is 479 g/mol. The molecule has 2 N–H and O–H groups in total. The quantitative estimate of drug-likeness (QED) is 0.382. The predicted octanol–water partition coefficient (Wildman–Crippen LogP) is 3.51. The van der Waals surface area contributed by atoms with E-state index in [9.17, 15) is 14.3 Å². The smallest absolute Gasteiger partial charge is 0.252 e. The number of aliphatic hydroxyl groups is 1. The molecule has 4 rings (SSSR count). The molecule has 0 spiro atoms. The maximum atomic E-state index is 13.3. The monoisotopic (exact) mass is 478 g/mol. The molecular weight excluding hydrogens is 447 g/mol. The van der Waals surface area contributed by atoms with Gasteiger partial charge in [0.05, 0.1) is 24.7 Å². The number of hydrogen-bond donors (Lipinski definition) is 2. The van der Waals surface area contributed by atoms with E-state index in [2.05, 4.69) is 40.4 Å². The standard InChI is InChI=1S/C26H31FN6O2/c1-16(2)24(25-29-30-31-33(25)14-19-5-7-22(27)8-6-19)32(9-10-34)15-21-13-20-12-17(3)11-18(4)23(20)28-26(21)35/h5-8,11-13,16,24,34H,9-10,14-15H2,1-4H3,(H,28,35)/t24-/m0/s1. The topological polar surface area (TPSA) is 99.9 Å². The second-order valence-electron chi connectivity index (χ2n) is 9.37. The summed E-state index contributed by atoms with van der Waals surface area (Å²) in [5.41, 5.74) is 4.31. The van der Waals surface area contributed by atoms with Gasteiger partial charge < -0.3 is 10.1 Å². The summed E-state index contributed by atoms with van der Waals surface area (Å²) < 4.78 is 15.0. The van der Waals surface area contributed by atoms with Crippen molar-refractivity contribution in [2.24, 2.45) is 5.92 Å². The van der Waals surface area contributed by atoms with Gasteiger partial charge in [-0.05, 0) is 71.0 Å². The number of benzene rings is 2. The summed E-state index contributed by atoms with van der Waals surface area (Å²) in [6.45, 7) is 9.11. The SMILES string of the molecule is Cc1cc(C)c2[nH]c(=O)c(CN(CCO)[C@H](c3nnnn3Cc3ccc(F)cc3)C(C)C)cc2c1. The molecule has 2 heterocycles. The highest BCUT2D eigenvalue weighted by Crippen LogP contribution is 2.29. The van der Waals surface area contributed by atoms with Gasteiger partial charge in [-0.2, -0.15) is 0 Å². The summed E-state index contributed by atoms with van der Waals surface area (Å²) in [6.07, 6.45) is 0. The molecule has 0 aliphatic heterocycles. The Kier molecular flexibility index (Phi) is 7.37. The van der Waals surface area contributed by atoms with Gasteiger partial charge >= 0.3 is 0 Å². The maximum absolute atomic E-state index is 13.3. The normalized spacial score (nSPS) is 12.7. The van der Waals surface area contributed by atoms with Gasteiger partial charge in [-0.3, -0.25) is 9.69 Å². The molecule has 0 fully saturated rings. The lowest BCUT2D eigenvalue weighted by atomic mass is 10.00. The van der Waals surface area contributed by atoms with Crippen molar-refractivity contribution in [1.29, 1.82) is 0 Å². The summed E-state index contributed by atoms with van der Waals surface area (Å²) in [7, 11) is 0. The Balaban J connectivity index is 1.69. The Bertz CT molecular complexity index is 1360. The highest BCUT2D eigenvalue weighted by Gasteiger charge is 2.29. The van der Waals surface area contributed by atoms with Crippen molar-refractivity contribution in [2.75, 3.05) is 13.2 Å². The molecule has 0 saturated heterocycles. The van der Waals surface area contributed by atoms with E-state index in [-0.39, 0.29) is 29.9 Å². The number of aromatic nitrogens is 5. The zero-order valence-corrected chi connectivity index (χ0v) is 20.5. The number of tetrazole rings is 1. The van der Waals surface area contributed by atoms with Crippen LogP contribution in [0.4, 0.5) is 4.39 Å². The second kappa shape index (κ2) is 10.5. The lowest BCUT2D eigenvalue weighted by Gasteiger charge is -2.33. The first kappa shape index (κ1) is 24.7. The van der Waals surface area contributed by atoms with Crippen molar-refractivity contribution in [2.45, 2.75) is 46.8 Å². The molecule has 0 aliphatic rings. The van der Waals surface area contributed by atoms with Crippen molar-refractivity contribution < 1.29 is 9.50 Å². The molecule has 4 aromatic rings. The number of halogens is 1. The average Bonchev–Trinajstić information content (AvgIpc) is 3.24. The van der Waals surface area contributed by atoms with E-state index >= 15 is 0 Å². The van der Waals surface area contributed by atoms with Crippen LogP contribution < -0.4 is 5.56 Å². The molecule has 0 radical (unpaired) electrons. The number of nitrogens with zero attached hydrogens (tertiary/aromatic N) is 5. The van der Waals surface area contributed by atoms with E-state index in [1.807, 2.05) is 30.9 Å². The second-order valence-corrected chi connectivity index (χ2v) is 9.37. The number of nitrogens with one attached hydrogen (secondary N) is 1. The summed E-state index contributed by atoms with van der Waals surface area (Å²) >= 11 is 0. The van der Waals surface area contributed by atoms with Crippen molar-refractivity contribution in [3.63, 3.8) is 0 Å². The summed E-state index contributed by atoms with van der Waals surface area (Å²) in [6, 6.07) is 12.0. The lowest BCUT2D eigenvalue weighted by molar-refractivity contribution is 0.106. The third kappa shape index (κ3) is 5.47. The molecule has 0 bridgehead atoms. The van der Waals surface area contributed by atoms with Gasteiger partial charge in [-0.15, -0.1) is 5.10 Å². The van der Waals surface area contributed by atoms with E-state index in [1.54, 1.807) is 16.8 Å². The van der Waals surface area contributed by atoms with Gasteiger partial charge in [0.1, 0.15) is 5.82 Å². The number of H-pyrrole nitrogens is 1. The number of pyridine rings is 1. The number of rotatable bonds is 9. The molecule has 2 aromatic carbocycles. The highest BCUT2D eigenvalue weighted by atomic mass is 19.1. The first-order chi connectivity index (χ1) is 16.8. The third-order valence-electron chi connectivity index (χ3n) is 6.23. The van der Waals surface area contributed by atoms with Crippen molar-refractivity contribution in [3.8, 4) is 0 Å². The van der Waals surface area contributed by atoms with E-state index in [0.29, 0.717) is 31.0 Å². The molecule has 9 heteroatoms. The van der Waals surface area contributed by atoms with Crippen LogP contribution in [-0.4, -0.2) is 48.3 Å². The van der Waals surface area contributed by atoms with Gasteiger partial charge in [0.15, 0.2) is 5.82 Å². The highest BCUT2D eigenvalue weighted by molar-refractivity contribution is 5.82. The van der Waals surface area contributed by atoms with E-state index in [0.717, 1.165) is 27.6 Å². The Morgan fingerprint density at radius 3 is 2.57 bits per heavy atom. The fraction of sp³-hybridized carbons (Fsp3) is 0.385. The first-order valence-corrected chi connectivity index (χ1v) is 11.8. The van der Waals surface area contributed by atoms with E-state index in [1.165, 1.54) is 12.1 Å². The molecule has 35 heavy (non-hydrogen) atoms. The molecule has 0 aliphatic carbocycles. The molecule has 8 nitrogen and oxygen atoms in total. The van der Waals surface area contributed by atoms with Gasteiger partial charge in [-0.1, -0.05) is 37.6 Å². The minimum absolute atomic E-state index is 0.0769. The molecule has 0 saturated carbocycles. The lowest BCUT2D eigenvalue weighted by Crippen LogP contribution is -2.37. The number of aliphatic hydroxyl groups excluding tert-OH is 1. The van der Waals surface area contributed by atoms with Crippen LogP contribution in [0.25, 0.3) is 10.9 Å². The molecule has 184 valence electrons. The van der Waals surface area contributed by atoms with Crippen LogP contribution in [0.1, 0.15) is 48.0 Å². The Morgan fingerprint density at radius 1 is 1.14 bits per heavy atom. The van der Waals surface area contributed by atoms with Gasteiger partial charge in [-0.25, -0.2) is 9.07 Å². The Morgan fingerprint density at radius 2 is 1.89 bits per heavy atom. The summed E-state index contributed by atoms with van der Waals surface area (Å²) in [4.78, 5) is 18.1. The third-order valence-corrected chi connectivity index (χ3v) is 6.23. The van der Waals surface area contributed by atoms with Gasteiger partial charge in [0, 0.05) is 18.7 Å². The number of fused-ring (bicyclic) bond motifs is 1.